The van der Waals surface area contributed by atoms with Crippen molar-refractivity contribution in [2.24, 2.45) is 5.16 Å². The second kappa shape index (κ2) is 10.5. The summed E-state index contributed by atoms with van der Waals surface area (Å²) in [5, 5.41) is 19.7. The van der Waals surface area contributed by atoms with Crippen LogP contribution < -0.4 is 10.6 Å². The Morgan fingerprint density at radius 2 is 2.08 bits per heavy atom. The molecule has 38 heavy (non-hydrogen) atoms. The van der Waals surface area contributed by atoms with Crippen LogP contribution in [0.1, 0.15) is 17.5 Å². The van der Waals surface area contributed by atoms with Crippen molar-refractivity contribution in [3.63, 3.8) is 0 Å². The summed E-state index contributed by atoms with van der Waals surface area (Å²) < 4.78 is 31.3. The number of hydrogen-bond acceptors (Lipinski definition) is 8. The van der Waals surface area contributed by atoms with Gasteiger partial charge in [-0.15, -0.1) is 0 Å². The lowest BCUT2D eigenvalue weighted by atomic mass is 10.0. The predicted molar refractivity (Wildman–Crippen MR) is 142 cm³/mol. The van der Waals surface area contributed by atoms with Gasteiger partial charge in [0.2, 0.25) is 15.7 Å². The zero-order valence-corrected chi connectivity index (χ0v) is 22.2. The Balaban J connectivity index is 1.28. The van der Waals surface area contributed by atoms with E-state index in [2.05, 4.69) is 36.7 Å². The van der Waals surface area contributed by atoms with Crippen molar-refractivity contribution < 1.29 is 32.7 Å². The molecule has 13 heteroatoms. The highest BCUT2D eigenvalue weighted by Gasteiger charge is 2.31. The van der Waals surface area contributed by atoms with Crippen LogP contribution in [-0.2, 0) is 30.6 Å². The van der Waals surface area contributed by atoms with Gasteiger partial charge in [-0.2, -0.15) is 0 Å². The van der Waals surface area contributed by atoms with E-state index in [9.17, 15) is 23.1 Å². The van der Waals surface area contributed by atoms with E-state index in [1.54, 1.807) is 36.5 Å². The fourth-order valence-electron chi connectivity index (χ4n) is 4.28. The zero-order chi connectivity index (χ0) is 26.9. The number of alkyl carbamates (subject to hydrolysis) is 1. The van der Waals surface area contributed by atoms with Gasteiger partial charge in [0.05, 0.1) is 16.3 Å². The van der Waals surface area contributed by atoms with Crippen LogP contribution in [0.15, 0.2) is 63.6 Å². The molecule has 0 spiro atoms. The molecule has 4 N–H and O–H groups in total. The molecule has 11 nitrogen and oxygen atoms in total. The predicted octanol–water partition coefficient (Wildman–Crippen LogP) is 2.95. The molecule has 1 unspecified atom stereocenters. The SMILES string of the molecule is O=C(NC(Cc1c[nH]c2ccc(O)cc12)C(=O)NC[C@@H]1CC(Br)=NO1)OCC1=Cc2ccccc2S1(=O)=O. The first kappa shape index (κ1) is 25.8. The fourth-order valence-corrected chi connectivity index (χ4v) is 6.20. The van der Waals surface area contributed by atoms with Crippen molar-refractivity contribution in [3.8, 4) is 5.75 Å². The largest absolute Gasteiger partial charge is 0.508 e. The molecule has 2 atom stereocenters. The van der Waals surface area contributed by atoms with Crippen molar-refractivity contribution in [1.82, 2.24) is 15.6 Å². The van der Waals surface area contributed by atoms with Gasteiger partial charge in [-0.05, 0) is 57.4 Å². The van der Waals surface area contributed by atoms with Crippen molar-refractivity contribution in [2.75, 3.05) is 13.2 Å². The Labute approximate surface area is 225 Å². The molecule has 2 aliphatic heterocycles. The van der Waals surface area contributed by atoms with Gasteiger partial charge in [-0.25, -0.2) is 13.2 Å². The molecule has 3 heterocycles. The minimum absolute atomic E-state index is 0.0501. The Bertz CT molecular complexity index is 1580. The molecule has 5 rings (SSSR count). The first-order valence-electron chi connectivity index (χ1n) is 11.6. The number of halogens is 1. The minimum atomic E-state index is -3.76. The maximum absolute atomic E-state index is 13.1. The Kier molecular flexibility index (Phi) is 7.13. The second-order valence-corrected chi connectivity index (χ2v) is 11.7. The lowest BCUT2D eigenvalue weighted by Gasteiger charge is -2.19. The topological polar surface area (TPSA) is 159 Å². The average molecular weight is 603 g/mol. The molecular weight excluding hydrogens is 580 g/mol. The van der Waals surface area contributed by atoms with Gasteiger partial charge in [0, 0.05) is 29.9 Å². The molecule has 2 aliphatic rings. The summed E-state index contributed by atoms with van der Waals surface area (Å²) in [6, 6.07) is 10.2. The maximum Gasteiger partial charge on any atom is 0.408 e. The third kappa shape index (κ3) is 5.38. The number of nitrogens with zero attached hydrogens (tertiary/aromatic N) is 1. The van der Waals surface area contributed by atoms with Gasteiger partial charge in [0.25, 0.3) is 0 Å². The number of phenolic OH excluding ortho intramolecular Hbond substituents is 1. The summed E-state index contributed by atoms with van der Waals surface area (Å²) in [4.78, 5) is 34.2. The van der Waals surface area contributed by atoms with Crippen LogP contribution in [0.25, 0.3) is 17.0 Å². The summed E-state index contributed by atoms with van der Waals surface area (Å²) in [7, 11) is -3.76. The van der Waals surface area contributed by atoms with Gasteiger partial charge in [0.1, 0.15) is 23.0 Å². The highest BCUT2D eigenvalue weighted by molar-refractivity contribution is 9.18. The lowest BCUT2D eigenvalue weighted by Crippen LogP contribution is -2.49. The summed E-state index contributed by atoms with van der Waals surface area (Å²) >= 11 is 3.25. The Morgan fingerprint density at radius 1 is 1.26 bits per heavy atom. The number of H-pyrrole nitrogens is 1. The number of aromatic hydroxyl groups is 1. The first-order valence-corrected chi connectivity index (χ1v) is 13.9. The molecule has 0 saturated heterocycles. The average Bonchev–Trinajstić information content (AvgIpc) is 3.56. The summed E-state index contributed by atoms with van der Waals surface area (Å²) in [6.07, 6.45) is 2.41. The summed E-state index contributed by atoms with van der Waals surface area (Å²) in [6.45, 7) is -0.331. The number of hydrogen-bond donors (Lipinski definition) is 4. The van der Waals surface area contributed by atoms with Gasteiger partial charge < -0.3 is 30.3 Å². The van der Waals surface area contributed by atoms with E-state index in [1.165, 1.54) is 18.2 Å². The van der Waals surface area contributed by atoms with Crippen LogP contribution >= 0.6 is 15.9 Å². The van der Waals surface area contributed by atoms with E-state index in [0.29, 0.717) is 27.6 Å². The standard InChI is InChI=1S/C25H23BrN4O7S/c26-23-10-17(37-30-23)12-28-24(32)21(8-15-11-27-20-6-5-16(31)9-19(15)20)29-25(33)36-13-18-7-14-3-1-2-4-22(14)38(18,34)35/h1-7,9,11,17,21,27,31H,8,10,12-13H2,(H,28,32)(H,29,33)/t17-,21?/m0/s1. The highest BCUT2D eigenvalue weighted by Crippen LogP contribution is 2.32. The van der Waals surface area contributed by atoms with Gasteiger partial charge in [0.15, 0.2) is 6.10 Å². The Morgan fingerprint density at radius 3 is 2.84 bits per heavy atom. The molecule has 0 aliphatic carbocycles. The van der Waals surface area contributed by atoms with Crippen molar-refractivity contribution >= 4 is 59.4 Å². The normalized spacial score (nSPS) is 18.2. The van der Waals surface area contributed by atoms with E-state index in [1.807, 2.05) is 0 Å². The molecule has 2 amide bonds. The quantitative estimate of drug-likeness (QED) is 0.308. The van der Waals surface area contributed by atoms with E-state index in [0.717, 1.165) is 5.52 Å². The molecule has 0 bridgehead atoms. The third-order valence-corrected chi connectivity index (χ3v) is 8.55. The molecule has 0 radical (unpaired) electrons. The monoisotopic (exact) mass is 602 g/mol. The Hall–Kier alpha value is -3.84. The van der Waals surface area contributed by atoms with E-state index in [4.69, 9.17) is 9.57 Å². The number of rotatable bonds is 8. The number of ether oxygens (including phenoxy) is 1. The van der Waals surface area contributed by atoms with Crippen LogP contribution in [0.3, 0.4) is 0 Å². The molecule has 1 aromatic heterocycles. The number of aromatic nitrogens is 1. The minimum Gasteiger partial charge on any atom is -0.508 e. The van der Waals surface area contributed by atoms with Gasteiger partial charge in [-0.3, -0.25) is 4.79 Å². The molecule has 0 saturated carbocycles. The molecule has 198 valence electrons. The van der Waals surface area contributed by atoms with E-state index in [-0.39, 0.29) is 34.6 Å². The second-order valence-electron chi connectivity index (χ2n) is 8.82. The smallest absolute Gasteiger partial charge is 0.408 e. The van der Waals surface area contributed by atoms with Crippen LogP contribution in [0.2, 0.25) is 0 Å². The number of fused-ring (bicyclic) bond motifs is 2. The number of carbonyl (C=O) groups excluding carboxylic acids is 2. The van der Waals surface area contributed by atoms with Crippen LogP contribution in [0, 0.1) is 0 Å². The summed E-state index contributed by atoms with van der Waals surface area (Å²) in [5.41, 5.74) is 1.95. The molecular formula is C25H23BrN4O7S. The number of phenols is 1. The molecule has 0 fully saturated rings. The maximum atomic E-state index is 13.1. The van der Waals surface area contributed by atoms with E-state index >= 15 is 0 Å². The fraction of sp³-hybridized carbons (Fsp3) is 0.240. The van der Waals surface area contributed by atoms with Crippen LogP contribution in [-0.4, -0.2) is 60.4 Å². The van der Waals surface area contributed by atoms with Gasteiger partial charge in [-0.1, -0.05) is 23.4 Å². The van der Waals surface area contributed by atoms with Crippen molar-refractivity contribution in [2.45, 2.75) is 29.9 Å². The number of benzene rings is 2. The summed E-state index contributed by atoms with van der Waals surface area (Å²) in [5.74, 6) is -0.439. The number of nitrogens with one attached hydrogen (secondary N) is 3. The van der Waals surface area contributed by atoms with Gasteiger partial charge >= 0.3 is 6.09 Å². The molecule has 3 aromatic rings. The number of oxime groups is 1. The highest BCUT2D eigenvalue weighted by atomic mass is 79.9. The lowest BCUT2D eigenvalue weighted by molar-refractivity contribution is -0.123. The third-order valence-electron chi connectivity index (χ3n) is 6.20. The number of aromatic amines is 1. The number of carbonyl (C=O) groups is 2. The first-order chi connectivity index (χ1) is 18.2. The number of sulfone groups is 1. The molecule has 2 aromatic carbocycles. The van der Waals surface area contributed by atoms with Crippen LogP contribution in [0.5, 0.6) is 5.75 Å². The number of amides is 2. The van der Waals surface area contributed by atoms with Crippen molar-refractivity contribution in [3.05, 3.63) is 64.7 Å². The van der Waals surface area contributed by atoms with Crippen molar-refractivity contribution in [1.29, 1.82) is 0 Å². The zero-order valence-electron chi connectivity index (χ0n) is 19.8. The van der Waals surface area contributed by atoms with E-state index < -0.39 is 34.5 Å². The van der Waals surface area contributed by atoms with Crippen LogP contribution in [0.4, 0.5) is 4.79 Å².